The Balaban J connectivity index is 1.78. The summed E-state index contributed by atoms with van der Waals surface area (Å²) in [7, 11) is 3.76. The molecule has 7 heteroatoms. The molecular weight excluding hydrogens is 358 g/mol. The van der Waals surface area contributed by atoms with Crippen LogP contribution in [0.2, 0.25) is 0 Å². The maximum absolute atomic E-state index is 12.2. The molecule has 1 fully saturated rings. The highest BCUT2D eigenvalue weighted by atomic mass is 16.6. The van der Waals surface area contributed by atoms with Crippen molar-refractivity contribution >= 4 is 17.6 Å². The Labute approximate surface area is 166 Å². The van der Waals surface area contributed by atoms with E-state index in [0.29, 0.717) is 19.1 Å². The number of likely N-dealkylation sites (N-methyl/N-ethyl adjacent to an activating group) is 1. The molecule has 0 aromatic heterocycles. The number of amidine groups is 1. The fourth-order valence-corrected chi connectivity index (χ4v) is 3.83. The molecule has 1 aromatic rings. The Hall–Kier alpha value is -2.12. The number of likely N-dealkylation sites (tertiary alicyclic amines) is 1. The Bertz CT molecular complexity index is 757. The zero-order chi connectivity index (χ0) is 20.5. The van der Waals surface area contributed by atoms with Gasteiger partial charge in [-0.3, -0.25) is 0 Å². The lowest BCUT2D eigenvalue weighted by molar-refractivity contribution is 0.0438. The van der Waals surface area contributed by atoms with Crippen LogP contribution >= 0.6 is 0 Å². The van der Waals surface area contributed by atoms with Gasteiger partial charge >= 0.3 is 6.09 Å². The molecule has 3 rings (SSSR count). The van der Waals surface area contributed by atoms with Gasteiger partial charge in [0, 0.05) is 27.0 Å². The summed E-state index contributed by atoms with van der Waals surface area (Å²) in [5.41, 5.74) is 2.16. The molecule has 1 aliphatic heterocycles. The monoisotopic (exact) mass is 389 g/mol. The number of hydrogen-bond donors (Lipinski definition) is 2. The third-order valence-corrected chi connectivity index (χ3v) is 5.22. The Morgan fingerprint density at radius 1 is 1.39 bits per heavy atom. The Morgan fingerprint density at radius 3 is 2.82 bits per heavy atom. The number of hydrogen-bond acceptors (Lipinski definition) is 5. The van der Waals surface area contributed by atoms with Gasteiger partial charge in [0.1, 0.15) is 11.4 Å². The minimum atomic E-state index is -0.675. The molecule has 3 atom stereocenters. The van der Waals surface area contributed by atoms with Gasteiger partial charge in [-0.1, -0.05) is 6.07 Å². The lowest BCUT2D eigenvalue weighted by Crippen LogP contribution is -2.38. The van der Waals surface area contributed by atoms with Crippen molar-refractivity contribution in [2.45, 2.75) is 63.8 Å². The van der Waals surface area contributed by atoms with E-state index in [9.17, 15) is 9.90 Å². The van der Waals surface area contributed by atoms with Crippen LogP contribution in [0.4, 0.5) is 10.5 Å². The zero-order valence-corrected chi connectivity index (χ0v) is 17.4. The van der Waals surface area contributed by atoms with E-state index in [4.69, 9.17) is 14.5 Å². The van der Waals surface area contributed by atoms with Crippen LogP contribution < -0.4 is 5.32 Å². The van der Waals surface area contributed by atoms with Crippen molar-refractivity contribution in [2.24, 2.45) is 4.99 Å². The number of rotatable bonds is 4. The van der Waals surface area contributed by atoms with Gasteiger partial charge in [0.05, 0.1) is 30.5 Å². The SMILES string of the molecule is COC[C@H]1CC/C(=N\c2ccc3c(c2)C(NC(=O)OC(C)(C)C)C(O)C3)N1C. The normalized spacial score (nSPS) is 25.9. The van der Waals surface area contributed by atoms with Crippen LogP contribution in [0.3, 0.4) is 0 Å². The van der Waals surface area contributed by atoms with Crippen molar-refractivity contribution in [1.82, 2.24) is 10.2 Å². The first-order valence-corrected chi connectivity index (χ1v) is 9.77. The number of nitrogens with zero attached hydrogens (tertiary/aromatic N) is 2. The van der Waals surface area contributed by atoms with Crippen LogP contribution in [0.25, 0.3) is 0 Å². The molecule has 0 saturated carbocycles. The van der Waals surface area contributed by atoms with E-state index in [2.05, 4.69) is 10.2 Å². The molecule has 2 aliphatic rings. The summed E-state index contributed by atoms with van der Waals surface area (Å²) in [4.78, 5) is 19.2. The van der Waals surface area contributed by atoms with Crippen LogP contribution in [-0.4, -0.2) is 60.4 Å². The highest BCUT2D eigenvalue weighted by Crippen LogP contribution is 2.35. The van der Waals surface area contributed by atoms with Gasteiger partial charge in [-0.2, -0.15) is 0 Å². The van der Waals surface area contributed by atoms with Crippen molar-refractivity contribution in [2.75, 3.05) is 20.8 Å². The number of ether oxygens (including phenoxy) is 2. The molecule has 1 aromatic carbocycles. The van der Waals surface area contributed by atoms with E-state index in [1.807, 2.05) is 46.0 Å². The predicted octanol–water partition coefficient (Wildman–Crippen LogP) is 2.94. The molecular formula is C21H31N3O4. The lowest BCUT2D eigenvalue weighted by Gasteiger charge is -2.23. The summed E-state index contributed by atoms with van der Waals surface area (Å²) in [6.45, 7) is 6.13. The zero-order valence-electron chi connectivity index (χ0n) is 17.4. The number of aliphatic imine (C=N–C) groups is 1. The molecule has 154 valence electrons. The molecule has 0 bridgehead atoms. The van der Waals surface area contributed by atoms with Crippen LogP contribution in [0.15, 0.2) is 23.2 Å². The maximum atomic E-state index is 12.2. The molecule has 1 saturated heterocycles. The van der Waals surface area contributed by atoms with Crippen molar-refractivity contribution in [1.29, 1.82) is 0 Å². The fourth-order valence-electron chi connectivity index (χ4n) is 3.83. The molecule has 1 heterocycles. The smallest absolute Gasteiger partial charge is 0.408 e. The number of aliphatic hydroxyl groups is 1. The van der Waals surface area contributed by atoms with Crippen molar-refractivity contribution in [3.8, 4) is 0 Å². The molecule has 1 aliphatic carbocycles. The molecule has 2 N–H and O–H groups in total. The minimum absolute atomic E-state index is 0.349. The van der Waals surface area contributed by atoms with Gasteiger partial charge in [-0.15, -0.1) is 0 Å². The number of fused-ring (bicyclic) bond motifs is 1. The van der Waals surface area contributed by atoms with Gasteiger partial charge in [0.25, 0.3) is 0 Å². The molecule has 2 unspecified atom stereocenters. The van der Waals surface area contributed by atoms with Gasteiger partial charge in [-0.25, -0.2) is 9.79 Å². The molecule has 7 nitrogen and oxygen atoms in total. The van der Waals surface area contributed by atoms with Crippen molar-refractivity contribution in [3.63, 3.8) is 0 Å². The average molecular weight is 389 g/mol. The molecule has 0 spiro atoms. The number of amides is 1. The molecule has 0 radical (unpaired) electrons. The number of aliphatic hydroxyl groups excluding tert-OH is 1. The number of benzene rings is 1. The van der Waals surface area contributed by atoms with E-state index < -0.39 is 23.8 Å². The van der Waals surface area contributed by atoms with Crippen LogP contribution in [-0.2, 0) is 15.9 Å². The summed E-state index contributed by atoms with van der Waals surface area (Å²) in [6.07, 6.45) is 1.23. The number of methoxy groups -OCH3 is 1. The summed E-state index contributed by atoms with van der Waals surface area (Å²) in [6, 6.07) is 5.76. The number of carbonyl (C=O) groups is 1. The summed E-state index contributed by atoms with van der Waals surface area (Å²) < 4.78 is 10.6. The second kappa shape index (κ2) is 8.09. The second-order valence-corrected chi connectivity index (χ2v) is 8.57. The molecule has 1 amide bonds. The van der Waals surface area contributed by atoms with Crippen LogP contribution in [0, 0.1) is 0 Å². The minimum Gasteiger partial charge on any atom is -0.444 e. The second-order valence-electron chi connectivity index (χ2n) is 8.57. The third-order valence-electron chi connectivity index (χ3n) is 5.22. The van der Waals surface area contributed by atoms with Gasteiger partial charge in [-0.05, 0) is 50.5 Å². The highest BCUT2D eigenvalue weighted by Gasteiger charge is 2.34. The first-order chi connectivity index (χ1) is 13.2. The van der Waals surface area contributed by atoms with Gasteiger partial charge in [0.2, 0.25) is 0 Å². The fraction of sp³-hybridized carbons (Fsp3) is 0.619. The largest absolute Gasteiger partial charge is 0.444 e. The summed E-state index contributed by atoms with van der Waals surface area (Å²) in [5.74, 6) is 1.03. The van der Waals surface area contributed by atoms with E-state index in [0.717, 1.165) is 35.5 Å². The third kappa shape index (κ3) is 4.64. The number of nitrogens with one attached hydrogen (secondary N) is 1. The van der Waals surface area contributed by atoms with Gasteiger partial charge in [0.15, 0.2) is 0 Å². The summed E-state index contributed by atoms with van der Waals surface area (Å²) >= 11 is 0. The van der Waals surface area contributed by atoms with Gasteiger partial charge < -0.3 is 24.8 Å². The Kier molecular flexibility index (Phi) is 5.95. The topological polar surface area (TPSA) is 83.4 Å². The van der Waals surface area contributed by atoms with E-state index in [1.165, 1.54) is 0 Å². The average Bonchev–Trinajstić information content (AvgIpc) is 3.08. The van der Waals surface area contributed by atoms with E-state index >= 15 is 0 Å². The standard InChI is InChI=1S/C21H31N3O4/c1-21(2,3)28-20(26)23-19-16-11-14(7-6-13(16)10-17(19)25)22-18-9-8-15(12-27-5)24(18)4/h6-7,11,15,17,19,25H,8-10,12H2,1-5H3,(H,23,26)/b22-18+/t15-,17?,19?/m1/s1. The van der Waals surface area contributed by atoms with E-state index in [1.54, 1.807) is 7.11 Å². The van der Waals surface area contributed by atoms with Crippen LogP contribution in [0.5, 0.6) is 0 Å². The first-order valence-electron chi connectivity index (χ1n) is 9.77. The first kappa shape index (κ1) is 20.6. The number of carbonyl (C=O) groups excluding carboxylic acids is 1. The quantitative estimate of drug-likeness (QED) is 0.827. The lowest BCUT2D eigenvalue weighted by atomic mass is 10.1. The van der Waals surface area contributed by atoms with Crippen molar-refractivity contribution < 1.29 is 19.4 Å². The number of alkyl carbamates (subject to hydrolysis) is 1. The van der Waals surface area contributed by atoms with Crippen LogP contribution in [0.1, 0.15) is 50.8 Å². The van der Waals surface area contributed by atoms with Crippen molar-refractivity contribution in [3.05, 3.63) is 29.3 Å². The predicted molar refractivity (Wildman–Crippen MR) is 108 cm³/mol. The van der Waals surface area contributed by atoms with E-state index in [-0.39, 0.29) is 0 Å². The highest BCUT2D eigenvalue weighted by molar-refractivity contribution is 5.87. The maximum Gasteiger partial charge on any atom is 0.408 e. The Morgan fingerprint density at radius 2 is 2.14 bits per heavy atom. The molecule has 28 heavy (non-hydrogen) atoms. The summed E-state index contributed by atoms with van der Waals surface area (Å²) in [5, 5.41) is 13.2.